The van der Waals surface area contributed by atoms with Crippen molar-refractivity contribution in [3.63, 3.8) is 0 Å². The summed E-state index contributed by atoms with van der Waals surface area (Å²) in [4.78, 5) is 20.1. The molecule has 0 unspecified atom stereocenters. The van der Waals surface area contributed by atoms with Gasteiger partial charge in [-0.2, -0.15) is 0 Å². The molecule has 0 aliphatic heterocycles. The Hall–Kier alpha value is -3.75. The van der Waals surface area contributed by atoms with Crippen molar-refractivity contribution in [1.82, 2.24) is 9.62 Å². The van der Waals surface area contributed by atoms with Gasteiger partial charge in [-0.3, -0.25) is 4.79 Å². The lowest BCUT2D eigenvalue weighted by Gasteiger charge is -2.35. The molecular weight excluding hydrogens is 739 g/mol. The summed E-state index contributed by atoms with van der Waals surface area (Å²) in [5.74, 6) is 1.23. The normalized spacial score (nSPS) is 14.5. The van der Waals surface area contributed by atoms with E-state index in [4.69, 9.17) is 4.84 Å². The van der Waals surface area contributed by atoms with Crippen LogP contribution in [0.5, 0.6) is 0 Å². The number of sulfonamides is 1. The summed E-state index contributed by atoms with van der Waals surface area (Å²) in [7, 11) is -2.94. The van der Waals surface area contributed by atoms with Gasteiger partial charge in [-0.15, -0.1) is 13.2 Å². The fraction of sp³-hybridized carbons (Fsp3) is 0.560. The Morgan fingerprint density at radius 3 is 1.60 bits per heavy atom. The summed E-state index contributed by atoms with van der Waals surface area (Å²) in [5, 5.41) is 4.23. The third kappa shape index (κ3) is 17.6. The molecule has 6 rings (SSSR count). The van der Waals surface area contributed by atoms with E-state index in [2.05, 4.69) is 123 Å². The molecule has 0 aromatic heterocycles. The lowest BCUT2D eigenvalue weighted by Crippen LogP contribution is -2.44. The van der Waals surface area contributed by atoms with Crippen molar-refractivity contribution < 1.29 is 18.0 Å². The lowest BCUT2D eigenvalue weighted by molar-refractivity contribution is -0.137. The molecule has 324 valence electrons. The predicted octanol–water partition coefficient (Wildman–Crippen LogP) is 12.5. The number of nitrogens with zero attached hydrogens (tertiary/aromatic N) is 2. The van der Waals surface area contributed by atoms with Gasteiger partial charge in [0.05, 0.1) is 5.25 Å². The second kappa shape index (κ2) is 25.7. The maximum Gasteiger partial charge on any atom is 0.225 e. The quantitative estimate of drug-likeness (QED) is 0.127. The number of rotatable bonds is 10. The number of hydrogen-bond donors (Lipinski definition) is 1. The van der Waals surface area contributed by atoms with E-state index in [1.54, 1.807) is 0 Å². The van der Waals surface area contributed by atoms with Crippen LogP contribution in [0, 0.1) is 17.3 Å². The van der Waals surface area contributed by atoms with Crippen LogP contribution in [0.2, 0.25) is 0 Å². The molecule has 0 bridgehead atoms. The average Bonchev–Trinajstić information content (AvgIpc) is 4.00. The molecule has 1 N–H and O–H groups in total. The van der Waals surface area contributed by atoms with Gasteiger partial charge in [0.15, 0.2) is 0 Å². The Morgan fingerprint density at radius 2 is 1.21 bits per heavy atom. The first-order valence-corrected chi connectivity index (χ1v) is 22.8. The van der Waals surface area contributed by atoms with Gasteiger partial charge < -0.3 is 9.74 Å². The van der Waals surface area contributed by atoms with Crippen LogP contribution in [0.15, 0.2) is 97.2 Å². The average molecular weight is 818 g/mol. The van der Waals surface area contributed by atoms with Crippen LogP contribution >= 0.6 is 0 Å². The van der Waals surface area contributed by atoms with E-state index in [9.17, 15) is 13.2 Å². The van der Waals surface area contributed by atoms with Gasteiger partial charge in [-0.05, 0) is 87.8 Å². The van der Waals surface area contributed by atoms with Crippen molar-refractivity contribution in [1.29, 1.82) is 0 Å². The number of oxime groups is 1. The number of carbonyl (C=O) groups is 1. The molecule has 8 heteroatoms. The highest BCUT2D eigenvalue weighted by Crippen LogP contribution is 2.36. The van der Waals surface area contributed by atoms with Gasteiger partial charge in [0.1, 0.15) is 11.8 Å². The van der Waals surface area contributed by atoms with E-state index in [-0.39, 0.29) is 30.7 Å². The van der Waals surface area contributed by atoms with Gasteiger partial charge in [0, 0.05) is 35.7 Å². The highest BCUT2D eigenvalue weighted by molar-refractivity contribution is 7.90. The molecular formula is C50H79N3O4S. The number of amides is 1. The molecule has 3 aliphatic rings. The minimum atomic E-state index is -2.94. The monoisotopic (exact) mass is 818 g/mol. The molecule has 3 aromatic rings. The smallest absolute Gasteiger partial charge is 0.225 e. The third-order valence-corrected chi connectivity index (χ3v) is 12.5. The van der Waals surface area contributed by atoms with Gasteiger partial charge in [0.25, 0.3) is 0 Å². The summed E-state index contributed by atoms with van der Waals surface area (Å²) in [6.45, 7) is 29.8. The zero-order valence-electron chi connectivity index (χ0n) is 37.2. The van der Waals surface area contributed by atoms with Crippen LogP contribution in [0.3, 0.4) is 0 Å². The Kier molecular flexibility index (Phi) is 23.1. The maximum atomic E-state index is 12.5. The van der Waals surface area contributed by atoms with E-state index >= 15 is 0 Å². The zero-order valence-corrected chi connectivity index (χ0v) is 38.0. The van der Waals surface area contributed by atoms with Crippen LogP contribution < -0.4 is 4.72 Å². The lowest BCUT2D eigenvalue weighted by atomic mass is 9.84. The molecule has 1 amide bonds. The molecule has 7 nitrogen and oxygen atoms in total. The van der Waals surface area contributed by atoms with E-state index in [1.165, 1.54) is 48.8 Å². The standard InChI is InChI=1S/C18H27NO.C16H15NO.C7H16.C6H13NO2S.C2H4.CH4/c1-15(2)18(20)19(17-11-7-4-8-12-17)14-13-16-9-5-3-6-10-16;1-11(2)18-17-16-14-9-5-3-7-12(14)13-8-4-6-10-15(13)16;1-6(2)7(3,4)5;1-5(2)7-10(8,9)6-3-4-6;1-2;/h3,5-6,9-10,15,17H,4,7-8,11-14H2,1-2H3;3-11H,1-2H3;6H,1-5H3;5-7H,3-4H2,1-2H3;1-2H2;1H4. The highest BCUT2D eigenvalue weighted by Gasteiger charge is 2.35. The molecule has 0 spiro atoms. The van der Waals surface area contributed by atoms with Crippen LogP contribution in [-0.4, -0.2) is 54.9 Å². The molecule has 58 heavy (non-hydrogen) atoms. The van der Waals surface area contributed by atoms with Crippen LogP contribution in [-0.2, 0) is 26.1 Å². The fourth-order valence-corrected chi connectivity index (χ4v) is 7.75. The van der Waals surface area contributed by atoms with E-state index in [0.717, 1.165) is 48.6 Å². The van der Waals surface area contributed by atoms with E-state index in [1.807, 2.05) is 59.7 Å². The van der Waals surface area contributed by atoms with Crippen molar-refractivity contribution in [2.24, 2.45) is 22.4 Å². The minimum absolute atomic E-state index is 0. The molecule has 2 saturated carbocycles. The SMILES string of the molecule is C.C=C.CC(C)C(=O)N(CCc1ccccc1)C1CCCCC1.CC(C)C(C)(C)C.CC(C)NS(=O)(=O)C1CC1.CC(C)ON=C1c2ccccc2-c2ccccc21. The van der Waals surface area contributed by atoms with Crippen LogP contribution in [0.4, 0.5) is 0 Å². The number of nitrogens with one attached hydrogen (secondary N) is 1. The van der Waals surface area contributed by atoms with E-state index < -0.39 is 10.0 Å². The second-order valence-corrected chi connectivity index (χ2v) is 19.4. The molecule has 3 aromatic carbocycles. The van der Waals surface area contributed by atoms with Gasteiger partial charge in [-0.25, -0.2) is 13.1 Å². The highest BCUT2D eigenvalue weighted by atomic mass is 32.2. The van der Waals surface area contributed by atoms with Crippen molar-refractivity contribution >= 4 is 21.6 Å². The summed E-state index contributed by atoms with van der Waals surface area (Å²) < 4.78 is 24.7. The van der Waals surface area contributed by atoms with E-state index in [0.29, 0.717) is 17.4 Å². The Morgan fingerprint density at radius 1 is 0.759 bits per heavy atom. The van der Waals surface area contributed by atoms with Crippen LogP contribution in [0.1, 0.15) is 145 Å². The number of benzene rings is 3. The van der Waals surface area contributed by atoms with Crippen molar-refractivity contribution in [2.45, 2.75) is 158 Å². The predicted molar refractivity (Wildman–Crippen MR) is 250 cm³/mol. The van der Waals surface area contributed by atoms with Crippen LogP contribution in [0.25, 0.3) is 11.1 Å². The first-order valence-electron chi connectivity index (χ1n) is 21.2. The summed E-state index contributed by atoms with van der Waals surface area (Å²) in [6, 6.07) is 27.6. The largest absolute Gasteiger partial charge is 0.393 e. The summed E-state index contributed by atoms with van der Waals surface area (Å²) in [6.07, 6.45) is 8.99. The Bertz CT molecular complexity index is 1700. The maximum absolute atomic E-state index is 12.5. The summed E-state index contributed by atoms with van der Waals surface area (Å²) >= 11 is 0. The summed E-state index contributed by atoms with van der Waals surface area (Å²) in [5.41, 5.74) is 7.54. The molecule has 3 aliphatic carbocycles. The Balaban J connectivity index is 0.000000405. The first kappa shape index (κ1) is 52.3. The van der Waals surface area contributed by atoms with Crippen molar-refractivity contribution in [2.75, 3.05) is 6.54 Å². The molecule has 0 saturated heterocycles. The molecule has 0 radical (unpaired) electrons. The Labute approximate surface area is 355 Å². The molecule has 0 atom stereocenters. The minimum Gasteiger partial charge on any atom is -0.393 e. The van der Waals surface area contributed by atoms with Crippen molar-refractivity contribution in [3.8, 4) is 11.1 Å². The first-order chi connectivity index (χ1) is 26.9. The molecule has 2 fully saturated rings. The fourth-order valence-electron chi connectivity index (χ4n) is 6.14. The second-order valence-electron chi connectivity index (χ2n) is 17.4. The van der Waals surface area contributed by atoms with Gasteiger partial charge in [-0.1, -0.05) is 159 Å². The van der Waals surface area contributed by atoms with Gasteiger partial charge in [0.2, 0.25) is 15.9 Å². The van der Waals surface area contributed by atoms with Crippen molar-refractivity contribution in [3.05, 3.63) is 109 Å². The topological polar surface area (TPSA) is 88.1 Å². The zero-order chi connectivity index (χ0) is 42.8. The number of fused-ring (bicyclic) bond motifs is 3. The number of carbonyl (C=O) groups excluding carboxylic acids is 1. The van der Waals surface area contributed by atoms with Gasteiger partial charge >= 0.3 is 0 Å². The third-order valence-electron chi connectivity index (χ3n) is 10.4. The number of hydrogen-bond acceptors (Lipinski definition) is 5. The molecule has 0 heterocycles.